The van der Waals surface area contributed by atoms with Crippen LogP contribution in [0.15, 0.2) is 53.4 Å². The number of nitrogens with one attached hydrogen (secondary N) is 2. The van der Waals surface area contributed by atoms with Crippen LogP contribution in [0, 0.1) is 0 Å². The van der Waals surface area contributed by atoms with Crippen molar-refractivity contribution in [3.8, 4) is 5.75 Å². The summed E-state index contributed by atoms with van der Waals surface area (Å²) in [5, 5.41) is 4.91. The molecule has 0 fully saturated rings. The molecule has 8 heteroatoms. The van der Waals surface area contributed by atoms with Gasteiger partial charge >= 0.3 is 5.97 Å². The van der Waals surface area contributed by atoms with Crippen molar-refractivity contribution in [2.45, 2.75) is 23.0 Å². The van der Waals surface area contributed by atoms with Gasteiger partial charge in [0.25, 0.3) is 5.91 Å². The van der Waals surface area contributed by atoms with Crippen LogP contribution in [0.3, 0.4) is 0 Å². The Hall–Kier alpha value is -3.00. The highest BCUT2D eigenvalue weighted by molar-refractivity contribution is 8.01. The molecular weight excluding hydrogens is 392 g/mol. The molecule has 152 valence electrons. The Bertz CT molecular complexity index is 902. The van der Waals surface area contributed by atoms with Crippen LogP contribution in [0.2, 0.25) is 0 Å². The van der Waals surface area contributed by atoms with Crippen LogP contribution in [-0.4, -0.2) is 43.3 Å². The maximum absolute atomic E-state index is 12.1. The highest BCUT2D eigenvalue weighted by atomic mass is 32.2. The van der Waals surface area contributed by atoms with Crippen molar-refractivity contribution in [1.29, 1.82) is 0 Å². The Balaban J connectivity index is 1.39. The molecule has 0 bridgehead atoms. The number of fused-ring (bicyclic) bond motifs is 1. The van der Waals surface area contributed by atoms with Gasteiger partial charge < -0.3 is 20.1 Å². The first-order valence-corrected chi connectivity index (χ1v) is 10.1. The fourth-order valence-corrected chi connectivity index (χ4v) is 3.98. The van der Waals surface area contributed by atoms with Crippen LogP contribution in [-0.2, 0) is 25.5 Å². The number of thioether (sulfide) groups is 1. The lowest BCUT2D eigenvalue weighted by molar-refractivity contribution is -0.149. The summed E-state index contributed by atoms with van der Waals surface area (Å²) in [5.41, 5.74) is 1.72. The number of anilines is 1. The van der Waals surface area contributed by atoms with Gasteiger partial charge in [0.05, 0.1) is 24.5 Å². The second-order valence-corrected chi connectivity index (χ2v) is 7.61. The van der Waals surface area contributed by atoms with Crippen molar-refractivity contribution in [1.82, 2.24) is 5.32 Å². The minimum Gasteiger partial charge on any atom is -0.496 e. The third kappa shape index (κ3) is 5.74. The third-order valence-corrected chi connectivity index (χ3v) is 5.61. The molecule has 0 saturated heterocycles. The van der Waals surface area contributed by atoms with Crippen LogP contribution in [0.5, 0.6) is 5.75 Å². The van der Waals surface area contributed by atoms with Gasteiger partial charge in [-0.25, -0.2) is 0 Å². The lowest BCUT2D eigenvalue weighted by Gasteiger charge is -2.23. The van der Waals surface area contributed by atoms with Crippen molar-refractivity contribution in [2.24, 2.45) is 0 Å². The summed E-state index contributed by atoms with van der Waals surface area (Å²) in [4.78, 5) is 37.0. The standard InChI is InChI=1S/C21H22N2O5S/c1-27-16-8-4-2-6-14(16)10-11-22-19(24)13-28-20(25)12-18-21(26)23-15-7-3-5-9-17(15)29-18/h2-9,18H,10-13H2,1H3,(H,22,24)(H,23,26)/t18-/m0/s1. The van der Waals surface area contributed by atoms with Crippen LogP contribution < -0.4 is 15.4 Å². The quantitative estimate of drug-likeness (QED) is 0.645. The van der Waals surface area contributed by atoms with Gasteiger partial charge in [0.15, 0.2) is 6.61 Å². The van der Waals surface area contributed by atoms with Crippen molar-refractivity contribution in [3.63, 3.8) is 0 Å². The largest absolute Gasteiger partial charge is 0.496 e. The fraction of sp³-hybridized carbons (Fsp3) is 0.286. The lowest BCUT2D eigenvalue weighted by atomic mass is 10.1. The van der Waals surface area contributed by atoms with Gasteiger partial charge in [0.2, 0.25) is 5.91 Å². The minimum absolute atomic E-state index is 0.0979. The zero-order valence-corrected chi connectivity index (χ0v) is 16.8. The number of methoxy groups -OCH3 is 1. The smallest absolute Gasteiger partial charge is 0.307 e. The second-order valence-electron chi connectivity index (χ2n) is 6.37. The summed E-state index contributed by atoms with van der Waals surface area (Å²) in [6.07, 6.45) is 0.501. The molecule has 0 aliphatic carbocycles. The molecule has 29 heavy (non-hydrogen) atoms. The summed E-state index contributed by atoms with van der Waals surface area (Å²) in [7, 11) is 1.60. The summed E-state index contributed by atoms with van der Waals surface area (Å²) in [5.74, 6) is -0.457. The molecule has 1 aliphatic rings. The van der Waals surface area contributed by atoms with E-state index in [0.717, 1.165) is 21.9 Å². The molecule has 7 nitrogen and oxygen atoms in total. The molecule has 0 saturated carbocycles. The van der Waals surface area contributed by atoms with E-state index in [9.17, 15) is 14.4 Å². The monoisotopic (exact) mass is 414 g/mol. The van der Waals surface area contributed by atoms with Gasteiger partial charge in [-0.3, -0.25) is 14.4 Å². The molecule has 0 spiro atoms. The van der Waals surface area contributed by atoms with Crippen molar-refractivity contribution in [2.75, 3.05) is 25.6 Å². The lowest BCUT2D eigenvalue weighted by Crippen LogP contribution is -2.33. The Morgan fingerprint density at radius 3 is 2.72 bits per heavy atom. The second kappa shape index (κ2) is 9.97. The van der Waals surface area contributed by atoms with Gasteiger partial charge in [-0.1, -0.05) is 30.3 Å². The first-order valence-electron chi connectivity index (χ1n) is 9.17. The molecule has 2 amide bonds. The number of hydrogen-bond acceptors (Lipinski definition) is 6. The van der Waals surface area contributed by atoms with Gasteiger partial charge in [-0.05, 0) is 30.2 Å². The first-order chi connectivity index (χ1) is 14.1. The number of carbonyl (C=O) groups is 3. The molecule has 2 N–H and O–H groups in total. The number of ether oxygens (including phenoxy) is 2. The molecule has 1 heterocycles. The summed E-state index contributed by atoms with van der Waals surface area (Å²) in [6.45, 7) is 0.0226. The minimum atomic E-state index is -0.586. The number of rotatable bonds is 8. The van der Waals surface area contributed by atoms with Crippen LogP contribution in [0.4, 0.5) is 5.69 Å². The van der Waals surface area contributed by atoms with E-state index in [-0.39, 0.29) is 24.8 Å². The molecule has 3 rings (SSSR count). The number of benzene rings is 2. The van der Waals surface area contributed by atoms with E-state index in [2.05, 4.69) is 10.6 Å². The van der Waals surface area contributed by atoms with E-state index in [0.29, 0.717) is 13.0 Å². The van der Waals surface area contributed by atoms with E-state index >= 15 is 0 Å². The molecule has 0 unspecified atom stereocenters. The van der Waals surface area contributed by atoms with E-state index in [1.807, 2.05) is 48.5 Å². The highest BCUT2D eigenvalue weighted by Crippen LogP contribution is 2.36. The van der Waals surface area contributed by atoms with Crippen LogP contribution >= 0.6 is 11.8 Å². The fourth-order valence-electron chi connectivity index (χ4n) is 2.88. The molecule has 1 aliphatic heterocycles. The molecule has 1 atom stereocenters. The summed E-state index contributed by atoms with van der Waals surface area (Å²) >= 11 is 1.32. The molecule has 2 aromatic rings. The van der Waals surface area contributed by atoms with Gasteiger partial charge in [-0.2, -0.15) is 0 Å². The van der Waals surface area contributed by atoms with Crippen LogP contribution in [0.25, 0.3) is 0 Å². The Morgan fingerprint density at radius 2 is 1.90 bits per heavy atom. The van der Waals surface area contributed by atoms with Crippen molar-refractivity contribution >= 4 is 35.2 Å². The Morgan fingerprint density at radius 1 is 1.14 bits per heavy atom. The predicted molar refractivity (Wildman–Crippen MR) is 110 cm³/mol. The normalized spacial score (nSPS) is 15.1. The molecule has 0 radical (unpaired) electrons. The van der Waals surface area contributed by atoms with Crippen molar-refractivity contribution in [3.05, 3.63) is 54.1 Å². The maximum atomic E-state index is 12.1. The van der Waals surface area contributed by atoms with Gasteiger partial charge in [-0.15, -0.1) is 11.8 Å². The SMILES string of the molecule is COc1ccccc1CCNC(=O)COC(=O)C[C@@H]1Sc2ccccc2NC1=O. The topological polar surface area (TPSA) is 93.7 Å². The molecular formula is C21H22N2O5S. The predicted octanol–water partition coefficient (Wildman–Crippen LogP) is 2.40. The van der Waals surface area contributed by atoms with Crippen molar-refractivity contribution < 1.29 is 23.9 Å². The van der Waals surface area contributed by atoms with E-state index in [1.54, 1.807) is 7.11 Å². The van der Waals surface area contributed by atoms with E-state index in [1.165, 1.54) is 11.8 Å². The number of carbonyl (C=O) groups excluding carboxylic acids is 3. The van der Waals surface area contributed by atoms with Crippen LogP contribution in [0.1, 0.15) is 12.0 Å². The zero-order valence-electron chi connectivity index (χ0n) is 16.0. The van der Waals surface area contributed by atoms with Gasteiger partial charge in [0, 0.05) is 11.4 Å². The zero-order chi connectivity index (χ0) is 20.6. The highest BCUT2D eigenvalue weighted by Gasteiger charge is 2.29. The van der Waals surface area contributed by atoms with Gasteiger partial charge in [0.1, 0.15) is 5.75 Å². The number of hydrogen-bond donors (Lipinski definition) is 2. The maximum Gasteiger partial charge on any atom is 0.307 e. The Labute approximate surface area is 173 Å². The Kier molecular flexibility index (Phi) is 7.13. The van der Waals surface area contributed by atoms with E-state index in [4.69, 9.17) is 9.47 Å². The average Bonchev–Trinajstić information content (AvgIpc) is 2.73. The molecule has 0 aromatic heterocycles. The third-order valence-electron chi connectivity index (χ3n) is 4.33. The number of para-hydroxylation sites is 2. The number of amides is 2. The summed E-state index contributed by atoms with van der Waals surface area (Å²) in [6, 6.07) is 15.0. The first kappa shape index (κ1) is 20.7. The average molecular weight is 414 g/mol. The van der Waals surface area contributed by atoms with E-state index < -0.39 is 11.2 Å². The summed E-state index contributed by atoms with van der Waals surface area (Å²) < 4.78 is 10.3. The molecule has 2 aromatic carbocycles. The number of esters is 1.